The fourth-order valence-electron chi connectivity index (χ4n) is 3.92. The zero-order valence-electron chi connectivity index (χ0n) is 15.7. The molecule has 0 saturated carbocycles. The van der Waals surface area contributed by atoms with Crippen molar-refractivity contribution in [3.63, 3.8) is 0 Å². The van der Waals surface area contributed by atoms with E-state index < -0.39 is 11.6 Å². The molecular weight excluding hydrogens is 382 g/mol. The molecule has 0 radical (unpaired) electrons. The maximum absolute atomic E-state index is 12.9. The molecule has 0 aliphatic carbocycles. The number of hydrogen-bond acceptors (Lipinski definition) is 7. The van der Waals surface area contributed by atoms with E-state index in [9.17, 15) is 9.90 Å². The number of allylic oxidation sites excluding steroid dienone is 1. The lowest BCUT2D eigenvalue weighted by Crippen LogP contribution is -2.37. The summed E-state index contributed by atoms with van der Waals surface area (Å²) in [6.07, 6.45) is 2.36. The van der Waals surface area contributed by atoms with Crippen LogP contribution in [0.15, 0.2) is 23.5 Å². The van der Waals surface area contributed by atoms with E-state index in [1.54, 1.807) is 13.2 Å². The van der Waals surface area contributed by atoms with Crippen molar-refractivity contribution in [1.82, 2.24) is 14.5 Å². The smallest absolute Gasteiger partial charge is 0.260 e. The second-order valence-electron chi connectivity index (χ2n) is 6.75. The quantitative estimate of drug-likeness (QED) is 0.597. The van der Waals surface area contributed by atoms with Crippen LogP contribution in [-0.2, 0) is 13.0 Å². The van der Waals surface area contributed by atoms with E-state index in [-0.39, 0.29) is 29.6 Å². The summed E-state index contributed by atoms with van der Waals surface area (Å²) in [4.78, 5) is 17.5. The highest BCUT2D eigenvalue weighted by Gasteiger charge is 2.37. The second kappa shape index (κ2) is 6.99. The number of fused-ring (bicyclic) bond motifs is 2. The van der Waals surface area contributed by atoms with Crippen molar-refractivity contribution in [2.75, 3.05) is 27.5 Å². The minimum Gasteiger partial charge on any atom is -0.494 e. The van der Waals surface area contributed by atoms with Crippen LogP contribution in [0.1, 0.15) is 22.7 Å². The Morgan fingerprint density at radius 2 is 2.25 bits per heavy atom. The van der Waals surface area contributed by atoms with Gasteiger partial charge in [0.2, 0.25) is 18.4 Å². The first-order chi connectivity index (χ1) is 13.5. The van der Waals surface area contributed by atoms with Crippen molar-refractivity contribution in [1.29, 1.82) is 0 Å². The standard InChI is InChI=1S/C19H21N3O5S/c1-4-6-22-18(24)13(17(23)20-19(22)28)14-12-10(5-7-21(14)2)8-11-15(16(12)25-3)27-9-26-11/h4,8,14,24H,1,5-7,9H2,2-3H3,(H,20,23,28)/t14-/m0/s1. The van der Waals surface area contributed by atoms with Gasteiger partial charge >= 0.3 is 0 Å². The number of nitrogens with one attached hydrogen (secondary N) is 1. The third-order valence-corrected chi connectivity index (χ3v) is 5.51. The molecule has 1 atom stereocenters. The van der Waals surface area contributed by atoms with E-state index in [2.05, 4.69) is 11.6 Å². The minimum absolute atomic E-state index is 0.116. The molecule has 28 heavy (non-hydrogen) atoms. The molecule has 2 aromatic rings. The maximum atomic E-state index is 12.9. The normalized spacial score (nSPS) is 18.0. The van der Waals surface area contributed by atoms with E-state index in [1.807, 2.05) is 18.0 Å². The Bertz CT molecular complexity index is 1070. The van der Waals surface area contributed by atoms with Crippen LogP contribution in [0.2, 0.25) is 0 Å². The number of H-pyrrole nitrogens is 1. The number of ether oxygens (including phenoxy) is 3. The van der Waals surface area contributed by atoms with Crippen LogP contribution >= 0.6 is 12.2 Å². The second-order valence-corrected chi connectivity index (χ2v) is 7.13. The number of methoxy groups -OCH3 is 1. The number of likely N-dealkylation sites (N-methyl/N-ethyl adjacent to an activating group) is 1. The third kappa shape index (κ3) is 2.70. The van der Waals surface area contributed by atoms with Crippen molar-refractivity contribution >= 4 is 12.2 Å². The molecule has 4 rings (SSSR count). The number of benzene rings is 1. The largest absolute Gasteiger partial charge is 0.494 e. The van der Waals surface area contributed by atoms with Crippen LogP contribution < -0.4 is 19.8 Å². The molecule has 0 amide bonds. The van der Waals surface area contributed by atoms with Crippen molar-refractivity contribution in [2.45, 2.75) is 19.0 Å². The number of aromatic amines is 1. The molecular formula is C19H21N3O5S. The zero-order chi connectivity index (χ0) is 20.0. The number of aromatic nitrogens is 2. The molecule has 1 aromatic carbocycles. The Hall–Kier alpha value is -2.78. The minimum atomic E-state index is -0.538. The summed E-state index contributed by atoms with van der Waals surface area (Å²) in [7, 11) is 3.45. The van der Waals surface area contributed by atoms with Crippen LogP contribution in [0.5, 0.6) is 23.1 Å². The lowest BCUT2D eigenvalue weighted by molar-refractivity contribution is 0.170. The molecule has 0 spiro atoms. The van der Waals surface area contributed by atoms with Gasteiger partial charge in [-0.15, -0.1) is 6.58 Å². The van der Waals surface area contributed by atoms with Gasteiger partial charge in [-0.2, -0.15) is 0 Å². The highest BCUT2D eigenvalue weighted by molar-refractivity contribution is 7.71. The van der Waals surface area contributed by atoms with Crippen LogP contribution in [0.4, 0.5) is 0 Å². The summed E-state index contributed by atoms with van der Waals surface area (Å²) < 4.78 is 18.4. The van der Waals surface area contributed by atoms with Gasteiger partial charge in [-0.25, -0.2) is 0 Å². The van der Waals surface area contributed by atoms with Crippen LogP contribution in [-0.4, -0.2) is 47.1 Å². The summed E-state index contributed by atoms with van der Waals surface area (Å²) in [6, 6.07) is 1.38. The van der Waals surface area contributed by atoms with Gasteiger partial charge in [-0.1, -0.05) is 6.08 Å². The molecule has 0 unspecified atom stereocenters. The number of hydrogen-bond donors (Lipinski definition) is 2. The van der Waals surface area contributed by atoms with Gasteiger partial charge in [-0.05, 0) is 37.3 Å². The lowest BCUT2D eigenvalue weighted by atomic mass is 9.87. The SMILES string of the molecule is C=CCn1c(O)c([C@@H]2c3c(cc4c(c3OC)OCO4)CCN2C)c(=O)[nH]c1=S. The van der Waals surface area contributed by atoms with E-state index >= 15 is 0 Å². The maximum Gasteiger partial charge on any atom is 0.260 e. The van der Waals surface area contributed by atoms with E-state index in [1.165, 1.54) is 4.57 Å². The average Bonchev–Trinajstić information content (AvgIpc) is 3.13. The molecule has 2 aliphatic heterocycles. The predicted octanol–water partition coefficient (Wildman–Crippen LogP) is 2.11. The van der Waals surface area contributed by atoms with Gasteiger partial charge in [0.15, 0.2) is 16.3 Å². The molecule has 0 saturated heterocycles. The molecule has 0 bridgehead atoms. The Balaban J connectivity index is 2.01. The molecule has 2 N–H and O–H groups in total. The monoisotopic (exact) mass is 403 g/mol. The molecule has 9 heteroatoms. The first-order valence-corrected chi connectivity index (χ1v) is 9.25. The fraction of sp³-hybridized carbons (Fsp3) is 0.368. The van der Waals surface area contributed by atoms with E-state index in [4.69, 9.17) is 26.4 Å². The summed E-state index contributed by atoms with van der Waals surface area (Å²) >= 11 is 5.20. The van der Waals surface area contributed by atoms with E-state index in [0.717, 1.165) is 17.5 Å². The predicted molar refractivity (Wildman–Crippen MR) is 105 cm³/mol. The molecule has 2 aliphatic rings. The first kappa shape index (κ1) is 18.6. The Labute approximate surface area is 166 Å². The van der Waals surface area contributed by atoms with Crippen molar-refractivity contribution < 1.29 is 19.3 Å². The molecule has 1 aromatic heterocycles. The van der Waals surface area contributed by atoms with E-state index in [0.29, 0.717) is 23.8 Å². The van der Waals surface area contributed by atoms with Crippen LogP contribution in [0.3, 0.4) is 0 Å². The summed E-state index contributed by atoms with van der Waals surface area (Å²) in [6.45, 7) is 4.77. The van der Waals surface area contributed by atoms with Gasteiger partial charge in [0.25, 0.3) is 5.56 Å². The lowest BCUT2D eigenvalue weighted by Gasteiger charge is -2.36. The van der Waals surface area contributed by atoms with Gasteiger partial charge < -0.3 is 19.3 Å². The number of rotatable bonds is 4. The highest BCUT2D eigenvalue weighted by atomic mass is 32.1. The van der Waals surface area contributed by atoms with Gasteiger partial charge in [-0.3, -0.25) is 19.2 Å². The number of aromatic hydroxyl groups is 1. The number of nitrogens with zero attached hydrogens (tertiary/aromatic N) is 2. The topological polar surface area (TPSA) is 89.0 Å². The molecule has 8 nitrogen and oxygen atoms in total. The Kier molecular flexibility index (Phi) is 4.64. The Morgan fingerprint density at radius 1 is 1.46 bits per heavy atom. The van der Waals surface area contributed by atoms with Gasteiger partial charge in [0, 0.05) is 18.7 Å². The summed E-state index contributed by atoms with van der Waals surface area (Å²) in [5.41, 5.74) is 1.53. The van der Waals surface area contributed by atoms with Crippen LogP contribution in [0, 0.1) is 4.77 Å². The third-order valence-electron chi connectivity index (χ3n) is 5.19. The first-order valence-electron chi connectivity index (χ1n) is 8.84. The molecule has 3 heterocycles. The van der Waals surface area contributed by atoms with Crippen molar-refractivity contribution in [3.8, 4) is 23.1 Å². The zero-order valence-corrected chi connectivity index (χ0v) is 16.5. The van der Waals surface area contributed by atoms with Crippen LogP contribution in [0.25, 0.3) is 0 Å². The summed E-state index contributed by atoms with van der Waals surface area (Å²) in [5.74, 6) is 1.46. The van der Waals surface area contributed by atoms with Gasteiger partial charge in [0.1, 0.15) is 0 Å². The summed E-state index contributed by atoms with van der Waals surface area (Å²) in [5, 5.41) is 10.9. The van der Waals surface area contributed by atoms with Gasteiger partial charge in [0.05, 0.1) is 18.7 Å². The molecule has 148 valence electrons. The highest BCUT2D eigenvalue weighted by Crippen LogP contribution is 2.51. The van der Waals surface area contributed by atoms with Crippen molar-refractivity contribution in [2.24, 2.45) is 0 Å². The Morgan fingerprint density at radius 3 is 2.96 bits per heavy atom. The average molecular weight is 403 g/mol. The fourth-order valence-corrected chi connectivity index (χ4v) is 4.17. The molecule has 0 fully saturated rings. The van der Waals surface area contributed by atoms with Crippen molar-refractivity contribution in [3.05, 3.63) is 50.5 Å².